The lowest BCUT2D eigenvalue weighted by molar-refractivity contribution is -0.122. The maximum Gasteiger partial charge on any atom is 0.257 e. The molecule has 1 fully saturated rings. The van der Waals surface area contributed by atoms with Crippen molar-refractivity contribution in [2.24, 2.45) is 0 Å². The highest BCUT2D eigenvalue weighted by Gasteiger charge is 2.44. The molecule has 1 aromatic heterocycles. The third-order valence-corrected chi connectivity index (χ3v) is 6.18. The number of halogens is 1. The molecule has 2 aromatic carbocycles. The van der Waals surface area contributed by atoms with Crippen molar-refractivity contribution in [3.05, 3.63) is 81.5 Å². The van der Waals surface area contributed by atoms with Crippen molar-refractivity contribution in [1.29, 1.82) is 0 Å². The van der Waals surface area contributed by atoms with Gasteiger partial charge in [-0.25, -0.2) is 4.90 Å². The van der Waals surface area contributed by atoms with E-state index in [9.17, 15) is 14.4 Å². The fourth-order valence-electron chi connectivity index (χ4n) is 3.54. The van der Waals surface area contributed by atoms with Crippen molar-refractivity contribution in [3.63, 3.8) is 0 Å². The average molecular weight is 455 g/mol. The van der Waals surface area contributed by atoms with Gasteiger partial charge in [0.05, 0.1) is 25.8 Å². The Balaban J connectivity index is 1.68. The molecule has 158 valence electrons. The van der Waals surface area contributed by atoms with E-state index in [1.807, 2.05) is 17.5 Å². The Bertz CT molecular complexity index is 1110. The van der Waals surface area contributed by atoms with Gasteiger partial charge in [0.2, 0.25) is 5.91 Å². The van der Waals surface area contributed by atoms with E-state index in [1.54, 1.807) is 48.5 Å². The minimum atomic E-state index is -0.899. The first-order valence-electron chi connectivity index (χ1n) is 9.57. The summed E-state index contributed by atoms with van der Waals surface area (Å²) in [5.41, 5.74) is 0.827. The van der Waals surface area contributed by atoms with Crippen LogP contribution in [0.1, 0.15) is 21.7 Å². The van der Waals surface area contributed by atoms with Crippen LogP contribution in [-0.4, -0.2) is 35.8 Å². The fraction of sp³-hybridized carbons (Fsp3) is 0.174. The van der Waals surface area contributed by atoms with E-state index in [4.69, 9.17) is 16.3 Å². The third-order valence-electron chi connectivity index (χ3n) is 5.07. The number of hydrogen-bond acceptors (Lipinski definition) is 5. The molecule has 4 rings (SSSR count). The summed E-state index contributed by atoms with van der Waals surface area (Å²) in [6, 6.07) is 16.1. The van der Waals surface area contributed by atoms with Crippen molar-refractivity contribution in [2.75, 3.05) is 12.0 Å². The molecular formula is C23H19ClN2O4S. The Morgan fingerprint density at radius 1 is 1.16 bits per heavy atom. The summed E-state index contributed by atoms with van der Waals surface area (Å²) in [5, 5.41) is 2.41. The Hall–Kier alpha value is -3.16. The number of methoxy groups -OCH3 is 1. The van der Waals surface area contributed by atoms with Crippen LogP contribution in [0.3, 0.4) is 0 Å². The van der Waals surface area contributed by atoms with E-state index in [0.717, 1.165) is 9.78 Å². The molecule has 0 radical (unpaired) electrons. The topological polar surface area (TPSA) is 66.9 Å². The van der Waals surface area contributed by atoms with Crippen LogP contribution < -0.4 is 9.64 Å². The predicted octanol–water partition coefficient (Wildman–Crippen LogP) is 4.38. The lowest BCUT2D eigenvalue weighted by atomic mass is 10.1. The Morgan fingerprint density at radius 3 is 2.61 bits per heavy atom. The summed E-state index contributed by atoms with van der Waals surface area (Å²) >= 11 is 7.42. The largest absolute Gasteiger partial charge is 0.497 e. The second kappa shape index (κ2) is 8.91. The molecule has 0 saturated carbocycles. The van der Waals surface area contributed by atoms with E-state index >= 15 is 0 Å². The summed E-state index contributed by atoms with van der Waals surface area (Å²) < 4.78 is 5.23. The molecular weight excluding hydrogens is 436 g/mol. The van der Waals surface area contributed by atoms with Crippen LogP contribution in [0.4, 0.5) is 5.69 Å². The standard InChI is InChI=1S/C23H19ClN2O4S/c1-30-18-5-2-4-15(12-18)22(28)25(14-19-6-3-11-31-19)20-13-21(27)26(23(20)29)17-9-7-16(24)8-10-17/h2-12,20H,13-14H2,1H3. The van der Waals surface area contributed by atoms with Crippen LogP contribution in [0.25, 0.3) is 0 Å². The molecule has 1 atom stereocenters. The molecule has 0 spiro atoms. The fourth-order valence-corrected chi connectivity index (χ4v) is 4.37. The van der Waals surface area contributed by atoms with Crippen LogP contribution in [-0.2, 0) is 16.1 Å². The molecule has 1 aliphatic rings. The molecule has 31 heavy (non-hydrogen) atoms. The highest BCUT2D eigenvalue weighted by atomic mass is 35.5. The molecule has 3 aromatic rings. The molecule has 2 heterocycles. The van der Waals surface area contributed by atoms with E-state index < -0.39 is 11.9 Å². The number of amides is 3. The van der Waals surface area contributed by atoms with Gasteiger partial charge in [-0.1, -0.05) is 23.7 Å². The van der Waals surface area contributed by atoms with Crippen LogP contribution in [0.5, 0.6) is 5.75 Å². The van der Waals surface area contributed by atoms with Crippen molar-refractivity contribution in [2.45, 2.75) is 19.0 Å². The lowest BCUT2D eigenvalue weighted by Gasteiger charge is -2.27. The second-order valence-electron chi connectivity index (χ2n) is 7.01. The SMILES string of the molecule is COc1cccc(C(=O)N(Cc2cccs2)C2CC(=O)N(c3ccc(Cl)cc3)C2=O)c1. The van der Waals surface area contributed by atoms with Gasteiger partial charge < -0.3 is 9.64 Å². The summed E-state index contributed by atoms with van der Waals surface area (Å²) in [7, 11) is 1.52. The first kappa shape index (κ1) is 21.1. The van der Waals surface area contributed by atoms with Crippen molar-refractivity contribution in [1.82, 2.24) is 4.90 Å². The number of benzene rings is 2. The molecule has 8 heteroatoms. The van der Waals surface area contributed by atoms with E-state index in [1.165, 1.54) is 23.3 Å². The smallest absolute Gasteiger partial charge is 0.257 e. The van der Waals surface area contributed by atoms with Crippen molar-refractivity contribution < 1.29 is 19.1 Å². The van der Waals surface area contributed by atoms with Gasteiger partial charge in [0.15, 0.2) is 0 Å². The van der Waals surface area contributed by atoms with E-state index in [-0.39, 0.29) is 24.8 Å². The minimum Gasteiger partial charge on any atom is -0.497 e. The quantitative estimate of drug-likeness (QED) is 0.518. The molecule has 6 nitrogen and oxygen atoms in total. The van der Waals surface area contributed by atoms with Gasteiger partial charge in [-0.15, -0.1) is 11.3 Å². The summed E-state index contributed by atoms with van der Waals surface area (Å²) in [6.07, 6.45) is -0.0808. The predicted molar refractivity (Wildman–Crippen MR) is 120 cm³/mol. The highest BCUT2D eigenvalue weighted by molar-refractivity contribution is 7.09. The number of anilines is 1. The van der Waals surface area contributed by atoms with Crippen LogP contribution >= 0.6 is 22.9 Å². The zero-order valence-corrected chi connectivity index (χ0v) is 18.2. The van der Waals surface area contributed by atoms with Gasteiger partial charge in [-0.05, 0) is 53.9 Å². The number of ether oxygens (including phenoxy) is 1. The normalized spacial score (nSPS) is 15.9. The first-order valence-corrected chi connectivity index (χ1v) is 10.8. The number of hydrogen-bond donors (Lipinski definition) is 0. The van der Waals surface area contributed by atoms with Crippen LogP contribution in [0.15, 0.2) is 66.0 Å². The van der Waals surface area contributed by atoms with E-state index in [0.29, 0.717) is 22.0 Å². The number of imide groups is 1. The van der Waals surface area contributed by atoms with Gasteiger partial charge in [0.1, 0.15) is 11.8 Å². The monoisotopic (exact) mass is 454 g/mol. The van der Waals surface area contributed by atoms with E-state index in [2.05, 4.69) is 0 Å². The zero-order chi connectivity index (χ0) is 22.0. The number of carbonyl (C=O) groups is 3. The molecule has 1 unspecified atom stereocenters. The zero-order valence-electron chi connectivity index (χ0n) is 16.7. The van der Waals surface area contributed by atoms with Gasteiger partial charge in [0.25, 0.3) is 11.8 Å². The third kappa shape index (κ3) is 4.33. The highest BCUT2D eigenvalue weighted by Crippen LogP contribution is 2.29. The second-order valence-corrected chi connectivity index (χ2v) is 8.48. The summed E-state index contributed by atoms with van der Waals surface area (Å²) in [4.78, 5) is 43.0. The lowest BCUT2D eigenvalue weighted by Crippen LogP contribution is -2.45. The molecule has 1 saturated heterocycles. The van der Waals surface area contributed by atoms with Crippen molar-refractivity contribution in [3.8, 4) is 5.75 Å². The molecule has 0 N–H and O–H groups in total. The Labute approximate surface area is 188 Å². The molecule has 0 aliphatic carbocycles. The van der Waals surface area contributed by atoms with Gasteiger partial charge in [-0.3, -0.25) is 14.4 Å². The summed E-state index contributed by atoms with van der Waals surface area (Å²) in [6.45, 7) is 0.228. The summed E-state index contributed by atoms with van der Waals surface area (Å²) in [5.74, 6) is -0.581. The van der Waals surface area contributed by atoms with Gasteiger partial charge in [-0.2, -0.15) is 0 Å². The van der Waals surface area contributed by atoms with Crippen LogP contribution in [0, 0.1) is 0 Å². The maximum absolute atomic E-state index is 13.4. The Kier molecular flexibility index (Phi) is 6.06. The van der Waals surface area contributed by atoms with Crippen molar-refractivity contribution >= 4 is 46.3 Å². The number of carbonyl (C=O) groups excluding carboxylic acids is 3. The van der Waals surface area contributed by atoms with Crippen LogP contribution in [0.2, 0.25) is 5.02 Å². The average Bonchev–Trinajstić information content (AvgIpc) is 3.40. The van der Waals surface area contributed by atoms with Gasteiger partial charge in [0, 0.05) is 15.5 Å². The first-order chi connectivity index (χ1) is 15.0. The minimum absolute atomic E-state index is 0.0808. The Morgan fingerprint density at radius 2 is 1.94 bits per heavy atom. The number of thiophene rings is 1. The number of nitrogens with zero attached hydrogens (tertiary/aromatic N) is 2. The number of rotatable bonds is 6. The maximum atomic E-state index is 13.4. The van der Waals surface area contributed by atoms with Gasteiger partial charge >= 0.3 is 0 Å². The molecule has 3 amide bonds. The molecule has 0 bridgehead atoms. The molecule has 1 aliphatic heterocycles.